The third-order valence-electron chi connectivity index (χ3n) is 13.5. The molecule has 0 bridgehead atoms. The van der Waals surface area contributed by atoms with Gasteiger partial charge in [-0.15, -0.1) is 0 Å². The minimum atomic E-state index is -2.93. The molecule has 0 radical (unpaired) electrons. The predicted octanol–water partition coefficient (Wildman–Crippen LogP) is 4.19. The van der Waals surface area contributed by atoms with E-state index in [-0.39, 0.29) is 41.2 Å². The molecule has 1 spiro atoms. The highest BCUT2D eigenvalue weighted by Gasteiger charge is 2.51. The maximum Gasteiger partial charge on any atom is 0.284 e. The molecule has 7 heterocycles. The minimum Gasteiger partial charge on any atom is -0.444 e. The van der Waals surface area contributed by atoms with Crippen molar-refractivity contribution in [2.24, 2.45) is 11.3 Å². The molecule has 10 rings (SSSR count). The number of hydrogen-bond donors (Lipinski definition) is 5. The van der Waals surface area contributed by atoms with Gasteiger partial charge in [-0.2, -0.15) is 5.10 Å². The third kappa shape index (κ3) is 11.2. The van der Waals surface area contributed by atoms with Crippen molar-refractivity contribution in [2.75, 3.05) is 101 Å². The quantitative estimate of drug-likeness (QED) is 0.0431. The van der Waals surface area contributed by atoms with Crippen molar-refractivity contribution in [3.8, 4) is 17.1 Å². The molecule has 1 saturated carbocycles. The summed E-state index contributed by atoms with van der Waals surface area (Å²) < 4.78 is 46.8. The van der Waals surface area contributed by atoms with E-state index in [2.05, 4.69) is 51.5 Å². The van der Waals surface area contributed by atoms with E-state index >= 15 is 0 Å². The normalized spacial score (nSPS) is 18.6. The number of carbonyl (C=O) groups is 5. The van der Waals surface area contributed by atoms with Crippen LogP contribution in [0.1, 0.15) is 74.6 Å². The number of nitrogens with zero attached hydrogens (tertiary/aromatic N) is 7. The predicted molar refractivity (Wildman–Crippen MR) is 258 cm³/mol. The topological polar surface area (TPSA) is 230 Å². The van der Waals surface area contributed by atoms with Gasteiger partial charge in [0.1, 0.15) is 18.1 Å². The first-order valence-corrected chi connectivity index (χ1v) is 24.3. The fraction of sp³-hybridized carbons (Fsp3) is 0.440. The van der Waals surface area contributed by atoms with Gasteiger partial charge in [-0.05, 0) is 73.2 Å². The Balaban J connectivity index is 0.566. The number of imide groups is 2. The Kier molecular flexibility index (Phi) is 14.5. The van der Waals surface area contributed by atoms with Crippen LogP contribution in [0.3, 0.4) is 0 Å². The van der Waals surface area contributed by atoms with Gasteiger partial charge < -0.3 is 35.2 Å². The Morgan fingerprint density at radius 1 is 0.861 bits per heavy atom. The maximum absolute atomic E-state index is 14.1. The van der Waals surface area contributed by atoms with E-state index < -0.39 is 47.7 Å². The van der Waals surface area contributed by atoms with E-state index in [4.69, 9.17) is 13.9 Å². The summed E-state index contributed by atoms with van der Waals surface area (Å²) in [4.78, 5) is 77.4. The van der Waals surface area contributed by atoms with Crippen molar-refractivity contribution in [1.29, 1.82) is 0 Å². The zero-order chi connectivity index (χ0) is 49.8. The van der Waals surface area contributed by atoms with Gasteiger partial charge in [-0.1, -0.05) is 12.1 Å². The number of alkyl halides is 2. The molecule has 5 aliphatic rings. The lowest BCUT2D eigenvalue weighted by Crippen LogP contribution is -2.72. The van der Waals surface area contributed by atoms with Crippen LogP contribution in [0.4, 0.5) is 26.0 Å². The molecule has 4 aliphatic heterocycles. The van der Waals surface area contributed by atoms with Gasteiger partial charge in [0, 0.05) is 94.7 Å². The van der Waals surface area contributed by atoms with Gasteiger partial charge in [-0.25, -0.2) is 23.4 Å². The first kappa shape index (κ1) is 48.6. The number of carbonyl (C=O) groups excluding carboxylic acids is 5. The van der Waals surface area contributed by atoms with Crippen molar-refractivity contribution < 1.29 is 46.6 Å². The molecule has 1 unspecified atom stereocenters. The van der Waals surface area contributed by atoms with E-state index in [1.165, 1.54) is 30.0 Å². The van der Waals surface area contributed by atoms with E-state index in [0.717, 1.165) is 56.3 Å². The Morgan fingerprint density at radius 3 is 2.32 bits per heavy atom. The van der Waals surface area contributed by atoms with E-state index in [9.17, 15) is 32.8 Å². The van der Waals surface area contributed by atoms with E-state index in [1.54, 1.807) is 48.7 Å². The smallest absolute Gasteiger partial charge is 0.284 e. The fourth-order valence-electron chi connectivity index (χ4n) is 9.61. The van der Waals surface area contributed by atoms with Crippen LogP contribution < -0.4 is 26.6 Å². The van der Waals surface area contributed by atoms with Crippen molar-refractivity contribution in [2.45, 2.75) is 44.7 Å². The molecule has 5 N–H and O–H groups in total. The maximum atomic E-state index is 14.1. The summed E-state index contributed by atoms with van der Waals surface area (Å²) in [5.41, 5.74) is 2.90. The summed E-state index contributed by atoms with van der Waals surface area (Å²) in [6, 6.07) is 14.8. The molecule has 3 saturated heterocycles. The molecule has 1 atom stereocenters. The summed E-state index contributed by atoms with van der Waals surface area (Å²) >= 11 is 0. The number of piperidine rings is 1. The average Bonchev–Trinajstić information content (AvgIpc) is 3.76. The van der Waals surface area contributed by atoms with Crippen LogP contribution >= 0.6 is 0 Å². The highest BCUT2D eigenvalue weighted by atomic mass is 19.3. The number of oxazole rings is 1. The number of halogens is 2. The molecular weight excluding hydrogens is 935 g/mol. The number of anilines is 3. The molecule has 72 heavy (non-hydrogen) atoms. The molecular formula is C50H56F2N12O8. The van der Waals surface area contributed by atoms with E-state index in [0.29, 0.717) is 80.2 Å². The highest BCUT2D eigenvalue weighted by Crippen LogP contribution is 2.39. The van der Waals surface area contributed by atoms with Gasteiger partial charge in [0.25, 0.3) is 24.1 Å². The summed E-state index contributed by atoms with van der Waals surface area (Å²) in [6.45, 7) is 10.8. The van der Waals surface area contributed by atoms with Crippen molar-refractivity contribution in [1.82, 2.24) is 45.1 Å². The van der Waals surface area contributed by atoms with Crippen molar-refractivity contribution in [3.05, 3.63) is 101 Å². The number of fused-ring (bicyclic) bond motifs is 1. The van der Waals surface area contributed by atoms with Crippen LogP contribution in [0.15, 0.2) is 77.7 Å². The van der Waals surface area contributed by atoms with Gasteiger partial charge in [-0.3, -0.25) is 44.0 Å². The average molecular weight is 991 g/mol. The zero-order valence-electron chi connectivity index (χ0n) is 39.5. The van der Waals surface area contributed by atoms with Crippen LogP contribution in [-0.4, -0.2) is 155 Å². The van der Waals surface area contributed by atoms with Crippen LogP contribution in [0, 0.1) is 11.3 Å². The van der Waals surface area contributed by atoms with Crippen molar-refractivity contribution in [3.63, 3.8) is 0 Å². The minimum absolute atomic E-state index is 0.0667. The Hall–Kier alpha value is -6.98. The number of amides is 5. The second-order valence-corrected chi connectivity index (χ2v) is 19.0. The fourth-order valence-corrected chi connectivity index (χ4v) is 9.61. The number of ether oxygens (including phenoxy) is 2. The molecule has 5 aromatic rings. The largest absolute Gasteiger partial charge is 0.444 e. The monoisotopic (exact) mass is 990 g/mol. The number of aromatic nitrogens is 4. The molecule has 3 aromatic heterocycles. The number of hydrogen-bond acceptors (Lipinski definition) is 16. The molecule has 2 aromatic carbocycles. The lowest BCUT2D eigenvalue weighted by molar-refractivity contribution is -0.136. The van der Waals surface area contributed by atoms with Gasteiger partial charge in [0.15, 0.2) is 11.4 Å². The van der Waals surface area contributed by atoms with Gasteiger partial charge in [0.05, 0.1) is 55.1 Å². The summed E-state index contributed by atoms with van der Waals surface area (Å²) in [5, 5.41) is 18.7. The Morgan fingerprint density at radius 2 is 1.60 bits per heavy atom. The third-order valence-corrected chi connectivity index (χ3v) is 13.5. The highest BCUT2D eigenvalue weighted by molar-refractivity contribution is 6.23. The summed E-state index contributed by atoms with van der Waals surface area (Å²) in [7, 11) is 0. The number of nitrogens with one attached hydrogen (secondary N) is 5. The van der Waals surface area contributed by atoms with E-state index in [1.807, 2.05) is 12.1 Å². The zero-order valence-corrected chi connectivity index (χ0v) is 39.5. The molecule has 378 valence electrons. The summed E-state index contributed by atoms with van der Waals surface area (Å²) in [6.07, 6.45) is 3.83. The molecule has 20 nitrogen and oxygen atoms in total. The molecule has 22 heteroatoms. The Labute approximate surface area is 413 Å². The lowest BCUT2D eigenvalue weighted by Gasteiger charge is -2.60. The van der Waals surface area contributed by atoms with Gasteiger partial charge >= 0.3 is 0 Å². The molecule has 1 aliphatic carbocycles. The van der Waals surface area contributed by atoms with Gasteiger partial charge in [0.2, 0.25) is 17.7 Å². The van der Waals surface area contributed by atoms with Crippen LogP contribution in [0.2, 0.25) is 0 Å². The number of pyridine rings is 1. The number of benzene rings is 2. The SMILES string of the molecule is O=C1CCC(N2C(=O)c3ccc(NCCOCCN4CC5(CN(CCOCCNCc6ccc(-n7cc(NC(=O)c8coc(-c9ccnc(NCC%10CC%10)c9)n8)c(C(F)F)n7)cc6)C5)C4)cc3C2=O)C(=O)N1. The second kappa shape index (κ2) is 21.4. The standard InChI is InChI=1S/C50H56F2N12O8/c51-44(52)43-38(57-45(66)39-26-72-47(58-39)33-11-12-55-41(21-33)56-24-32-1-2-32)25-63(60-43)35-6-3-31(4-7-35)23-53-13-17-70-19-15-61-27-50(28-61)29-62(30-50)16-20-71-18-14-54-34-5-8-36-37(22-34)49(69)64(48(36)68)40-9-10-42(65)59-46(40)67/h3-8,11-12,21-22,25-26,32,40,44,53-54H,1-2,9-10,13-20,23-24,27-30H2,(H,55,56)(H,57,66)(H,59,65,67). The molecule has 5 amide bonds. The van der Waals surface area contributed by atoms with Crippen LogP contribution in [-0.2, 0) is 25.6 Å². The van der Waals surface area contributed by atoms with Crippen LogP contribution in [0.5, 0.6) is 0 Å². The van der Waals surface area contributed by atoms with Crippen LogP contribution in [0.25, 0.3) is 17.1 Å². The first-order chi connectivity index (χ1) is 35.0. The first-order valence-electron chi connectivity index (χ1n) is 24.3. The Bertz CT molecular complexity index is 2800. The number of rotatable bonds is 24. The lowest BCUT2D eigenvalue weighted by atomic mass is 9.73. The second-order valence-electron chi connectivity index (χ2n) is 19.0. The molecule has 4 fully saturated rings. The summed E-state index contributed by atoms with van der Waals surface area (Å²) in [5.74, 6) is -1.28. The van der Waals surface area contributed by atoms with Crippen molar-refractivity contribution >= 4 is 46.7 Å². The number of likely N-dealkylation sites (tertiary alicyclic amines) is 2.